The van der Waals surface area contributed by atoms with E-state index in [0.29, 0.717) is 5.46 Å². The van der Waals surface area contributed by atoms with E-state index in [1.165, 1.54) is 6.20 Å². The predicted molar refractivity (Wildman–Crippen MR) is 50.1 cm³/mol. The van der Waals surface area contributed by atoms with E-state index in [0.717, 1.165) is 5.56 Å². The van der Waals surface area contributed by atoms with Crippen LogP contribution in [-0.2, 0) is 0 Å². The highest BCUT2D eigenvalue weighted by atomic mass is 16.4. The van der Waals surface area contributed by atoms with Crippen molar-refractivity contribution >= 4 is 12.6 Å². The van der Waals surface area contributed by atoms with Crippen LogP contribution < -0.4 is 5.46 Å². The molecule has 1 heterocycles. The SMILES string of the molecule is CC.Cc1cncc(B(O)O)c1. The molecule has 0 spiro atoms. The normalized spacial score (nSPS) is 8.42. The Balaban J connectivity index is 0.000000561. The van der Waals surface area contributed by atoms with Gasteiger partial charge in [0.2, 0.25) is 0 Å². The Hall–Kier alpha value is -0.865. The number of hydrogen-bond acceptors (Lipinski definition) is 3. The summed E-state index contributed by atoms with van der Waals surface area (Å²) in [6.45, 7) is 5.85. The van der Waals surface area contributed by atoms with Crippen LogP contribution in [0.4, 0.5) is 0 Å². The van der Waals surface area contributed by atoms with Gasteiger partial charge in [-0.3, -0.25) is 4.98 Å². The molecule has 0 aromatic carbocycles. The van der Waals surface area contributed by atoms with Gasteiger partial charge in [-0.25, -0.2) is 0 Å². The summed E-state index contributed by atoms with van der Waals surface area (Å²) in [5.74, 6) is 0. The monoisotopic (exact) mass is 167 g/mol. The first-order valence-corrected chi connectivity index (χ1v) is 3.98. The zero-order valence-corrected chi connectivity index (χ0v) is 7.65. The van der Waals surface area contributed by atoms with Gasteiger partial charge in [-0.1, -0.05) is 19.9 Å². The van der Waals surface area contributed by atoms with Gasteiger partial charge in [0, 0.05) is 17.9 Å². The minimum atomic E-state index is -1.41. The van der Waals surface area contributed by atoms with Gasteiger partial charge in [0.15, 0.2) is 0 Å². The fourth-order valence-corrected chi connectivity index (χ4v) is 0.720. The number of nitrogens with zero attached hydrogens (tertiary/aromatic N) is 1. The van der Waals surface area contributed by atoms with E-state index in [-0.39, 0.29) is 0 Å². The molecular formula is C8H14BNO2. The summed E-state index contributed by atoms with van der Waals surface area (Å²) in [6.07, 6.45) is 3.09. The summed E-state index contributed by atoms with van der Waals surface area (Å²) in [5.41, 5.74) is 1.35. The van der Waals surface area contributed by atoms with Crippen molar-refractivity contribution in [2.24, 2.45) is 0 Å². The molecule has 0 aliphatic heterocycles. The van der Waals surface area contributed by atoms with Crippen LogP contribution in [0.25, 0.3) is 0 Å². The highest BCUT2D eigenvalue weighted by molar-refractivity contribution is 6.58. The summed E-state index contributed by atoms with van der Waals surface area (Å²) < 4.78 is 0. The van der Waals surface area contributed by atoms with Gasteiger partial charge in [0.05, 0.1) is 0 Å². The molecule has 0 aliphatic rings. The molecule has 4 heteroatoms. The van der Waals surface area contributed by atoms with E-state index in [2.05, 4.69) is 4.98 Å². The van der Waals surface area contributed by atoms with Gasteiger partial charge in [-0.15, -0.1) is 0 Å². The van der Waals surface area contributed by atoms with E-state index >= 15 is 0 Å². The molecule has 0 unspecified atom stereocenters. The smallest absolute Gasteiger partial charge is 0.423 e. The van der Waals surface area contributed by atoms with Crippen LogP contribution in [0.15, 0.2) is 18.5 Å². The Morgan fingerprint density at radius 3 is 2.17 bits per heavy atom. The van der Waals surface area contributed by atoms with Crippen LogP contribution in [0.3, 0.4) is 0 Å². The minimum absolute atomic E-state index is 0.431. The maximum atomic E-state index is 8.66. The summed E-state index contributed by atoms with van der Waals surface area (Å²) in [4.78, 5) is 3.79. The third-order valence-corrected chi connectivity index (χ3v) is 1.19. The Bertz CT molecular complexity index is 228. The second kappa shape index (κ2) is 5.74. The van der Waals surface area contributed by atoms with Gasteiger partial charge in [0.1, 0.15) is 0 Å². The lowest BCUT2D eigenvalue weighted by Crippen LogP contribution is -2.30. The molecule has 0 fully saturated rings. The van der Waals surface area contributed by atoms with Crippen molar-refractivity contribution in [2.75, 3.05) is 0 Å². The molecule has 3 nitrogen and oxygen atoms in total. The quantitative estimate of drug-likeness (QED) is 0.583. The van der Waals surface area contributed by atoms with Crippen LogP contribution in [0.2, 0.25) is 0 Å². The van der Waals surface area contributed by atoms with Crippen LogP contribution in [0.1, 0.15) is 19.4 Å². The molecule has 1 aromatic heterocycles. The van der Waals surface area contributed by atoms with E-state index in [9.17, 15) is 0 Å². The van der Waals surface area contributed by atoms with E-state index in [1.54, 1.807) is 12.3 Å². The van der Waals surface area contributed by atoms with Crippen molar-refractivity contribution in [1.82, 2.24) is 4.98 Å². The molecule has 0 radical (unpaired) electrons. The van der Waals surface area contributed by atoms with Gasteiger partial charge < -0.3 is 10.0 Å². The summed E-state index contributed by atoms with van der Waals surface area (Å²) in [7, 11) is -1.41. The molecule has 0 saturated carbocycles. The van der Waals surface area contributed by atoms with Crippen molar-refractivity contribution in [2.45, 2.75) is 20.8 Å². The number of hydrogen-bond donors (Lipinski definition) is 2. The van der Waals surface area contributed by atoms with E-state index in [4.69, 9.17) is 10.0 Å². The molecule has 12 heavy (non-hydrogen) atoms. The third kappa shape index (κ3) is 3.50. The first-order chi connectivity index (χ1) is 5.70. The standard InChI is InChI=1S/C6H8BNO2.C2H6/c1-5-2-6(7(9)10)4-8-3-5;1-2/h2-4,9-10H,1H3;1-2H3. The number of aromatic nitrogens is 1. The van der Waals surface area contributed by atoms with Gasteiger partial charge in [-0.05, 0) is 12.5 Å². The largest absolute Gasteiger partial charge is 0.490 e. The minimum Gasteiger partial charge on any atom is -0.423 e. The first-order valence-electron chi connectivity index (χ1n) is 3.98. The zero-order chi connectivity index (χ0) is 9.56. The summed E-state index contributed by atoms with van der Waals surface area (Å²) >= 11 is 0. The zero-order valence-electron chi connectivity index (χ0n) is 7.65. The molecule has 0 saturated heterocycles. The van der Waals surface area contributed by atoms with Gasteiger partial charge >= 0.3 is 7.12 Å². The average Bonchev–Trinajstić information content (AvgIpc) is 2.08. The lowest BCUT2D eigenvalue weighted by Gasteiger charge is -1.97. The molecule has 0 amide bonds. The van der Waals surface area contributed by atoms with Gasteiger partial charge in [-0.2, -0.15) is 0 Å². The second-order valence-electron chi connectivity index (χ2n) is 2.17. The van der Waals surface area contributed by atoms with Crippen LogP contribution in [-0.4, -0.2) is 22.2 Å². The van der Waals surface area contributed by atoms with Crippen molar-refractivity contribution in [3.8, 4) is 0 Å². The first kappa shape index (κ1) is 11.1. The molecule has 0 atom stereocenters. The van der Waals surface area contributed by atoms with E-state index < -0.39 is 7.12 Å². The lowest BCUT2D eigenvalue weighted by molar-refractivity contribution is 0.425. The summed E-state index contributed by atoms with van der Waals surface area (Å²) in [5, 5.41) is 17.3. The van der Waals surface area contributed by atoms with Gasteiger partial charge in [0.25, 0.3) is 0 Å². The molecule has 0 bridgehead atoms. The average molecular weight is 167 g/mol. The molecular weight excluding hydrogens is 153 g/mol. The molecule has 1 rings (SSSR count). The third-order valence-electron chi connectivity index (χ3n) is 1.19. The Kier molecular flexibility index (Phi) is 5.33. The highest BCUT2D eigenvalue weighted by Gasteiger charge is 2.09. The van der Waals surface area contributed by atoms with Crippen LogP contribution >= 0.6 is 0 Å². The van der Waals surface area contributed by atoms with Crippen molar-refractivity contribution in [3.63, 3.8) is 0 Å². The van der Waals surface area contributed by atoms with Crippen LogP contribution in [0, 0.1) is 6.92 Å². The Labute approximate surface area is 73.2 Å². The number of aryl methyl sites for hydroxylation is 1. The second-order valence-corrected chi connectivity index (χ2v) is 2.17. The van der Waals surface area contributed by atoms with E-state index in [1.807, 2.05) is 20.8 Å². The van der Waals surface area contributed by atoms with Crippen molar-refractivity contribution in [3.05, 3.63) is 24.0 Å². The molecule has 66 valence electrons. The Morgan fingerprint density at radius 1 is 1.25 bits per heavy atom. The highest BCUT2D eigenvalue weighted by Crippen LogP contribution is 1.88. The molecule has 1 aromatic rings. The topological polar surface area (TPSA) is 53.4 Å². The maximum absolute atomic E-state index is 8.66. The number of rotatable bonds is 1. The summed E-state index contributed by atoms with van der Waals surface area (Å²) in [6, 6.07) is 1.68. The molecule has 2 N–H and O–H groups in total. The van der Waals surface area contributed by atoms with Crippen LogP contribution in [0.5, 0.6) is 0 Å². The van der Waals surface area contributed by atoms with Crippen molar-refractivity contribution in [1.29, 1.82) is 0 Å². The molecule has 0 aliphatic carbocycles. The lowest BCUT2D eigenvalue weighted by atomic mass is 9.81. The fourth-order valence-electron chi connectivity index (χ4n) is 0.720. The Morgan fingerprint density at radius 2 is 1.83 bits per heavy atom. The predicted octanol–water partition coefficient (Wildman–Crippen LogP) is 0.0960. The maximum Gasteiger partial charge on any atom is 0.490 e. The number of pyridine rings is 1. The fraction of sp³-hybridized carbons (Fsp3) is 0.375. The van der Waals surface area contributed by atoms with Crippen molar-refractivity contribution < 1.29 is 10.0 Å².